The molecule has 2 saturated heterocycles. The van der Waals surface area contributed by atoms with Crippen LogP contribution < -0.4 is 24.8 Å². The third-order valence-electron chi connectivity index (χ3n) is 8.36. The van der Waals surface area contributed by atoms with E-state index in [-0.39, 0.29) is 25.5 Å². The number of hydrogen-bond acceptors (Lipinski definition) is 9. The summed E-state index contributed by atoms with van der Waals surface area (Å²) in [5.74, 6) is -0.636. The number of amides is 1. The number of aliphatic carboxylic acids is 1. The van der Waals surface area contributed by atoms with Crippen molar-refractivity contribution in [3.63, 3.8) is 0 Å². The normalized spacial score (nSPS) is 22.0. The molecule has 0 radical (unpaired) electrons. The number of nitrogens with two attached hydrogens (primary N) is 1. The minimum Gasteiger partial charge on any atom is -0.493 e. The molecule has 1 amide bonds. The molecule has 0 aliphatic carbocycles. The highest BCUT2D eigenvalue weighted by Crippen LogP contribution is 2.47. The first-order valence-corrected chi connectivity index (χ1v) is 14.7. The van der Waals surface area contributed by atoms with Gasteiger partial charge in [0.2, 0.25) is 18.4 Å². The Bertz CT molecular complexity index is 1250. The second-order valence-electron chi connectivity index (χ2n) is 10.9. The van der Waals surface area contributed by atoms with Crippen LogP contribution in [-0.2, 0) is 25.6 Å². The van der Waals surface area contributed by atoms with Crippen molar-refractivity contribution in [1.29, 1.82) is 0 Å². The van der Waals surface area contributed by atoms with Crippen molar-refractivity contribution in [2.24, 2.45) is 11.7 Å². The molecule has 2 fully saturated rings. The van der Waals surface area contributed by atoms with Crippen molar-refractivity contribution in [2.75, 3.05) is 51.7 Å². The minimum atomic E-state index is -0.914. The fourth-order valence-corrected chi connectivity index (χ4v) is 6.26. The maximum atomic E-state index is 14.0. The highest BCUT2D eigenvalue weighted by atomic mass is 16.7. The zero-order valence-electron chi connectivity index (χ0n) is 24.3. The van der Waals surface area contributed by atoms with E-state index in [1.54, 1.807) is 12.0 Å². The van der Waals surface area contributed by atoms with E-state index in [2.05, 4.69) is 6.92 Å². The molecule has 3 aliphatic heterocycles. The molecule has 2 aromatic rings. The quantitative estimate of drug-likeness (QED) is 0.362. The maximum Gasteiger partial charge on any atom is 0.308 e. The molecule has 3 N–H and O–H groups in total. The Hall–Kier alpha value is -3.38. The lowest BCUT2D eigenvalue weighted by atomic mass is 9.83. The van der Waals surface area contributed by atoms with E-state index in [4.69, 9.17) is 29.4 Å². The number of carbonyl (C=O) groups excluding carboxylic acids is 1. The summed E-state index contributed by atoms with van der Waals surface area (Å²) in [6.07, 6.45) is 2.44. The molecular formula is C31H41N3O8. The molecule has 11 nitrogen and oxygen atoms in total. The lowest BCUT2D eigenvalue weighted by molar-refractivity contribution is -0.143. The molecule has 228 valence electrons. The first-order chi connectivity index (χ1) is 20.4. The van der Waals surface area contributed by atoms with E-state index in [9.17, 15) is 14.7 Å². The Morgan fingerprint density at radius 2 is 1.95 bits per heavy atom. The summed E-state index contributed by atoms with van der Waals surface area (Å²) < 4.78 is 28.1. The zero-order chi connectivity index (χ0) is 29.6. The maximum absolute atomic E-state index is 14.0. The summed E-state index contributed by atoms with van der Waals surface area (Å²) in [4.78, 5) is 30.7. The number of unbranched alkanes of at least 4 members (excludes halogenated alkanes) is 1. The summed E-state index contributed by atoms with van der Waals surface area (Å²) in [5.41, 5.74) is 8.40. The van der Waals surface area contributed by atoms with Gasteiger partial charge in [-0.2, -0.15) is 0 Å². The second kappa shape index (κ2) is 13.7. The molecule has 2 aromatic carbocycles. The zero-order valence-corrected chi connectivity index (χ0v) is 24.3. The molecule has 3 atom stereocenters. The number of benzene rings is 2. The van der Waals surface area contributed by atoms with E-state index in [0.717, 1.165) is 29.7 Å². The van der Waals surface area contributed by atoms with Crippen LogP contribution in [0.25, 0.3) is 0 Å². The number of anilines is 1. The van der Waals surface area contributed by atoms with Gasteiger partial charge in [0.15, 0.2) is 17.8 Å². The molecule has 42 heavy (non-hydrogen) atoms. The number of fused-ring (bicyclic) bond motifs is 1. The van der Waals surface area contributed by atoms with Crippen LogP contribution in [0.3, 0.4) is 0 Å². The van der Waals surface area contributed by atoms with Gasteiger partial charge in [-0.1, -0.05) is 25.5 Å². The smallest absolute Gasteiger partial charge is 0.308 e. The number of rotatable bonds is 13. The van der Waals surface area contributed by atoms with Crippen LogP contribution in [0.1, 0.15) is 49.7 Å². The van der Waals surface area contributed by atoms with E-state index in [1.807, 2.05) is 41.3 Å². The van der Waals surface area contributed by atoms with Gasteiger partial charge in [-0.25, -0.2) is 0 Å². The second-order valence-corrected chi connectivity index (χ2v) is 10.9. The average molecular weight is 584 g/mol. The van der Waals surface area contributed by atoms with Crippen molar-refractivity contribution in [3.8, 4) is 17.2 Å². The predicted octanol–water partition coefficient (Wildman–Crippen LogP) is 3.34. The van der Waals surface area contributed by atoms with Crippen LogP contribution in [0.15, 0.2) is 36.4 Å². The summed E-state index contributed by atoms with van der Waals surface area (Å²) in [6, 6.07) is 11.0. The molecular weight excluding hydrogens is 542 g/mol. The fraction of sp³-hybridized carbons (Fsp3) is 0.548. The molecule has 0 spiro atoms. The molecule has 3 aliphatic rings. The Morgan fingerprint density at radius 1 is 1.14 bits per heavy atom. The topological polar surface area (TPSA) is 133 Å². The van der Waals surface area contributed by atoms with Crippen molar-refractivity contribution >= 4 is 17.6 Å². The molecule has 5 rings (SSSR count). The van der Waals surface area contributed by atoms with Gasteiger partial charge >= 0.3 is 5.97 Å². The Kier molecular flexibility index (Phi) is 9.84. The summed E-state index contributed by atoms with van der Waals surface area (Å²) >= 11 is 0. The van der Waals surface area contributed by atoms with Gasteiger partial charge in [-0.3, -0.25) is 14.5 Å². The molecule has 0 saturated carbocycles. The standard InChI is InChI=1S/C31H41N3O8/c1-3-4-10-34(22-7-5-6-20(13-22)16-32)27(35)18-33-17-23(21-14-25(38-2)30-26(15-21)41-19-42-30)29(31(36)37)24(33)8-9-28-39-11-12-40-28/h5-7,13-15,23-24,28-29H,3-4,8-12,16-19,32H2,1-2H3,(H,36,37)/t23-,24+,29?/m1/s1. The SMILES string of the molecule is CCCCN(C(=O)CN1C[C@H](c2cc(OC)c3c(c2)OCO3)C(C(=O)O)[C@@H]1CCC1OCCO1)c1cccc(CN)c1. The lowest BCUT2D eigenvalue weighted by Gasteiger charge is -2.30. The van der Waals surface area contributed by atoms with Crippen LogP contribution >= 0.6 is 0 Å². The monoisotopic (exact) mass is 583 g/mol. The van der Waals surface area contributed by atoms with Crippen molar-refractivity contribution in [2.45, 2.75) is 57.4 Å². The molecule has 3 heterocycles. The summed E-state index contributed by atoms with van der Waals surface area (Å²) in [6.45, 7) is 4.61. The van der Waals surface area contributed by atoms with Crippen molar-refractivity contribution in [1.82, 2.24) is 4.90 Å². The number of hydrogen-bond donors (Lipinski definition) is 2. The Labute approximate surface area is 246 Å². The molecule has 0 aromatic heterocycles. The molecule has 11 heteroatoms. The first kappa shape index (κ1) is 30.1. The number of carbonyl (C=O) groups is 2. The lowest BCUT2D eigenvalue weighted by Crippen LogP contribution is -2.44. The fourth-order valence-electron chi connectivity index (χ4n) is 6.26. The van der Waals surface area contributed by atoms with Gasteiger partial charge in [0, 0.05) is 37.3 Å². The van der Waals surface area contributed by atoms with Crippen LogP contribution in [-0.4, -0.2) is 81.0 Å². The van der Waals surface area contributed by atoms with Crippen LogP contribution in [0.5, 0.6) is 17.2 Å². The van der Waals surface area contributed by atoms with E-state index in [1.165, 1.54) is 0 Å². The third-order valence-corrected chi connectivity index (χ3v) is 8.36. The average Bonchev–Trinajstić information content (AvgIpc) is 3.76. The van der Waals surface area contributed by atoms with Gasteiger partial charge in [0.05, 0.1) is 32.8 Å². The minimum absolute atomic E-state index is 0.0752. The predicted molar refractivity (Wildman–Crippen MR) is 155 cm³/mol. The van der Waals surface area contributed by atoms with Gasteiger partial charge in [-0.05, 0) is 54.7 Å². The largest absolute Gasteiger partial charge is 0.493 e. The third kappa shape index (κ3) is 6.49. The Balaban J connectivity index is 1.45. The number of nitrogens with zero attached hydrogens (tertiary/aromatic N) is 2. The van der Waals surface area contributed by atoms with Gasteiger partial charge in [-0.15, -0.1) is 0 Å². The van der Waals surface area contributed by atoms with Gasteiger partial charge in [0.25, 0.3) is 0 Å². The summed E-state index contributed by atoms with van der Waals surface area (Å²) in [7, 11) is 1.55. The van der Waals surface area contributed by atoms with Gasteiger partial charge < -0.3 is 39.4 Å². The number of ether oxygens (including phenoxy) is 5. The summed E-state index contributed by atoms with van der Waals surface area (Å²) in [5, 5.41) is 10.6. The van der Waals surface area contributed by atoms with Crippen LogP contribution in [0.4, 0.5) is 5.69 Å². The van der Waals surface area contributed by atoms with E-state index in [0.29, 0.717) is 62.9 Å². The number of methoxy groups -OCH3 is 1. The first-order valence-electron chi connectivity index (χ1n) is 14.7. The van der Waals surface area contributed by atoms with Crippen molar-refractivity contribution < 1.29 is 38.4 Å². The Morgan fingerprint density at radius 3 is 2.67 bits per heavy atom. The molecule has 0 bridgehead atoms. The highest BCUT2D eigenvalue weighted by molar-refractivity contribution is 5.95. The van der Waals surface area contributed by atoms with Gasteiger partial charge in [0.1, 0.15) is 0 Å². The molecule has 1 unspecified atom stereocenters. The van der Waals surface area contributed by atoms with E-state index < -0.39 is 23.8 Å². The number of carboxylic acids is 1. The van der Waals surface area contributed by atoms with Crippen LogP contribution in [0, 0.1) is 5.92 Å². The highest BCUT2D eigenvalue weighted by Gasteiger charge is 2.48. The number of likely N-dealkylation sites (tertiary alicyclic amines) is 1. The van der Waals surface area contributed by atoms with E-state index >= 15 is 0 Å². The van der Waals surface area contributed by atoms with Crippen LogP contribution in [0.2, 0.25) is 0 Å². The van der Waals surface area contributed by atoms with Crippen molar-refractivity contribution in [3.05, 3.63) is 47.5 Å². The number of carboxylic acid groups (broad SMARTS) is 1.